The van der Waals surface area contributed by atoms with Crippen molar-refractivity contribution in [3.63, 3.8) is 0 Å². The number of nitrogens with zero attached hydrogens (tertiary/aromatic N) is 2. The quantitative estimate of drug-likeness (QED) is 0.876. The molecule has 2 rings (SSSR count). The Morgan fingerprint density at radius 3 is 2.38 bits per heavy atom. The summed E-state index contributed by atoms with van der Waals surface area (Å²) in [4.78, 5) is 12.2. The fraction of sp³-hybridized carbons (Fsp3) is 0.375. The van der Waals surface area contributed by atoms with Gasteiger partial charge in [0.2, 0.25) is 0 Å². The SMILES string of the molecule is Cc1nn(C)c(C)c1C(=O)NCCc1ccc(CO)cc1. The lowest BCUT2D eigenvalue weighted by molar-refractivity contribution is 0.0953. The van der Waals surface area contributed by atoms with E-state index in [2.05, 4.69) is 10.4 Å². The average Bonchev–Trinajstić information content (AvgIpc) is 2.73. The van der Waals surface area contributed by atoms with Gasteiger partial charge >= 0.3 is 0 Å². The summed E-state index contributed by atoms with van der Waals surface area (Å²) in [5.41, 5.74) is 4.31. The van der Waals surface area contributed by atoms with E-state index in [9.17, 15) is 4.79 Å². The number of rotatable bonds is 5. The van der Waals surface area contributed by atoms with Gasteiger partial charge in [0, 0.05) is 19.3 Å². The fourth-order valence-corrected chi connectivity index (χ4v) is 2.32. The molecule has 21 heavy (non-hydrogen) atoms. The molecule has 1 heterocycles. The van der Waals surface area contributed by atoms with Gasteiger partial charge in [-0.2, -0.15) is 5.10 Å². The molecule has 0 aliphatic heterocycles. The van der Waals surface area contributed by atoms with Gasteiger partial charge < -0.3 is 10.4 Å². The normalized spacial score (nSPS) is 10.7. The van der Waals surface area contributed by atoms with Gasteiger partial charge in [0.25, 0.3) is 5.91 Å². The molecule has 5 nitrogen and oxygen atoms in total. The topological polar surface area (TPSA) is 67.2 Å². The first-order valence-electron chi connectivity index (χ1n) is 7.00. The summed E-state index contributed by atoms with van der Waals surface area (Å²) in [5.74, 6) is -0.0786. The Morgan fingerprint density at radius 2 is 1.86 bits per heavy atom. The second-order valence-corrected chi connectivity index (χ2v) is 5.15. The Hall–Kier alpha value is -2.14. The number of aliphatic hydroxyl groups is 1. The molecule has 1 aromatic heterocycles. The van der Waals surface area contributed by atoms with Crippen molar-refractivity contribution in [3.05, 3.63) is 52.3 Å². The number of hydrogen-bond donors (Lipinski definition) is 2. The molecule has 0 aliphatic carbocycles. The van der Waals surface area contributed by atoms with Gasteiger partial charge in [0.1, 0.15) is 0 Å². The predicted molar refractivity (Wildman–Crippen MR) is 81.1 cm³/mol. The van der Waals surface area contributed by atoms with Gasteiger partial charge in [-0.1, -0.05) is 24.3 Å². The average molecular weight is 287 g/mol. The third-order valence-corrected chi connectivity index (χ3v) is 3.64. The van der Waals surface area contributed by atoms with Crippen molar-refractivity contribution in [1.82, 2.24) is 15.1 Å². The van der Waals surface area contributed by atoms with Crippen LogP contribution in [0.25, 0.3) is 0 Å². The number of amides is 1. The van der Waals surface area contributed by atoms with Gasteiger partial charge in [-0.25, -0.2) is 0 Å². The molecule has 0 radical (unpaired) electrons. The highest BCUT2D eigenvalue weighted by molar-refractivity contribution is 5.96. The smallest absolute Gasteiger partial charge is 0.255 e. The first-order chi connectivity index (χ1) is 10.0. The van der Waals surface area contributed by atoms with E-state index in [1.54, 1.807) is 4.68 Å². The Kier molecular flexibility index (Phi) is 4.75. The second-order valence-electron chi connectivity index (χ2n) is 5.15. The summed E-state index contributed by atoms with van der Waals surface area (Å²) < 4.78 is 1.72. The summed E-state index contributed by atoms with van der Waals surface area (Å²) >= 11 is 0. The lowest BCUT2D eigenvalue weighted by Crippen LogP contribution is -2.26. The third-order valence-electron chi connectivity index (χ3n) is 3.64. The summed E-state index contributed by atoms with van der Waals surface area (Å²) in [6, 6.07) is 7.73. The van der Waals surface area contributed by atoms with E-state index < -0.39 is 0 Å². The molecular formula is C16H21N3O2. The molecule has 0 bridgehead atoms. The maximum atomic E-state index is 12.2. The van der Waals surface area contributed by atoms with E-state index in [0.29, 0.717) is 12.1 Å². The number of carbonyl (C=O) groups is 1. The number of nitrogens with one attached hydrogen (secondary N) is 1. The minimum absolute atomic E-state index is 0.0522. The Balaban J connectivity index is 1.92. The number of hydrogen-bond acceptors (Lipinski definition) is 3. The van der Waals surface area contributed by atoms with Crippen molar-refractivity contribution >= 4 is 5.91 Å². The summed E-state index contributed by atoms with van der Waals surface area (Å²) in [6.07, 6.45) is 0.760. The van der Waals surface area contributed by atoms with Crippen LogP contribution < -0.4 is 5.32 Å². The molecule has 0 spiro atoms. The summed E-state index contributed by atoms with van der Waals surface area (Å²) in [6.45, 7) is 4.36. The zero-order valence-electron chi connectivity index (χ0n) is 12.7. The highest BCUT2D eigenvalue weighted by atomic mass is 16.3. The predicted octanol–water partition coefficient (Wildman–Crippen LogP) is 1.50. The largest absolute Gasteiger partial charge is 0.392 e. The molecule has 5 heteroatoms. The maximum absolute atomic E-state index is 12.2. The molecule has 1 aromatic carbocycles. The molecule has 1 amide bonds. The van der Waals surface area contributed by atoms with Crippen LogP contribution in [0, 0.1) is 13.8 Å². The van der Waals surface area contributed by atoms with Gasteiger partial charge in [0.15, 0.2) is 0 Å². The molecule has 0 unspecified atom stereocenters. The van der Waals surface area contributed by atoms with Crippen LogP contribution in [0.3, 0.4) is 0 Å². The highest BCUT2D eigenvalue weighted by Crippen LogP contribution is 2.11. The number of carbonyl (C=O) groups excluding carboxylic acids is 1. The Morgan fingerprint density at radius 1 is 1.24 bits per heavy atom. The first-order valence-corrected chi connectivity index (χ1v) is 7.00. The monoisotopic (exact) mass is 287 g/mol. The second kappa shape index (κ2) is 6.54. The Labute approximate surface area is 124 Å². The molecule has 112 valence electrons. The van der Waals surface area contributed by atoms with Crippen LogP contribution in [0.2, 0.25) is 0 Å². The van der Waals surface area contributed by atoms with Crippen molar-refractivity contribution in [1.29, 1.82) is 0 Å². The third kappa shape index (κ3) is 3.49. The van der Waals surface area contributed by atoms with Crippen LogP contribution in [0.5, 0.6) is 0 Å². The molecule has 0 saturated heterocycles. The lowest BCUT2D eigenvalue weighted by Gasteiger charge is -2.06. The highest BCUT2D eigenvalue weighted by Gasteiger charge is 2.16. The van der Waals surface area contributed by atoms with Crippen molar-refractivity contribution in [2.45, 2.75) is 26.9 Å². The fourth-order valence-electron chi connectivity index (χ4n) is 2.32. The van der Waals surface area contributed by atoms with Crippen LogP contribution in [-0.4, -0.2) is 27.3 Å². The first kappa shape index (κ1) is 15.3. The van der Waals surface area contributed by atoms with E-state index in [4.69, 9.17) is 5.11 Å². The van der Waals surface area contributed by atoms with Crippen molar-refractivity contribution < 1.29 is 9.90 Å². The molecule has 0 atom stereocenters. The van der Waals surface area contributed by atoms with Crippen LogP contribution in [0.4, 0.5) is 0 Å². The van der Waals surface area contributed by atoms with E-state index in [1.165, 1.54) is 0 Å². The number of aliphatic hydroxyl groups excluding tert-OH is 1. The summed E-state index contributed by atoms with van der Waals surface area (Å²) in [7, 11) is 1.84. The van der Waals surface area contributed by atoms with Gasteiger partial charge in [-0.05, 0) is 31.4 Å². The minimum atomic E-state index is -0.0786. The van der Waals surface area contributed by atoms with Gasteiger partial charge in [-0.3, -0.25) is 9.48 Å². The van der Waals surface area contributed by atoms with E-state index in [0.717, 1.165) is 28.9 Å². The molecule has 2 N–H and O–H groups in total. The van der Waals surface area contributed by atoms with Crippen LogP contribution in [-0.2, 0) is 20.1 Å². The number of benzene rings is 1. The van der Waals surface area contributed by atoms with Crippen LogP contribution in [0.1, 0.15) is 32.9 Å². The molecule has 2 aromatic rings. The maximum Gasteiger partial charge on any atom is 0.255 e. The lowest BCUT2D eigenvalue weighted by atomic mass is 10.1. The van der Waals surface area contributed by atoms with Crippen LogP contribution >= 0.6 is 0 Å². The van der Waals surface area contributed by atoms with Crippen molar-refractivity contribution in [3.8, 4) is 0 Å². The zero-order chi connectivity index (χ0) is 15.4. The molecule has 0 aliphatic rings. The van der Waals surface area contributed by atoms with E-state index in [-0.39, 0.29) is 12.5 Å². The van der Waals surface area contributed by atoms with Crippen LogP contribution in [0.15, 0.2) is 24.3 Å². The molecular weight excluding hydrogens is 266 g/mol. The standard InChI is InChI=1S/C16H21N3O2/c1-11-15(12(2)19(3)18-11)16(21)17-9-8-13-4-6-14(10-20)7-5-13/h4-7,20H,8-10H2,1-3H3,(H,17,21). The van der Waals surface area contributed by atoms with Gasteiger partial charge in [0.05, 0.1) is 17.9 Å². The minimum Gasteiger partial charge on any atom is -0.392 e. The zero-order valence-corrected chi connectivity index (χ0v) is 12.7. The molecule has 0 fully saturated rings. The van der Waals surface area contributed by atoms with E-state index in [1.807, 2.05) is 45.2 Å². The molecule has 0 saturated carbocycles. The number of aromatic nitrogens is 2. The van der Waals surface area contributed by atoms with Gasteiger partial charge in [-0.15, -0.1) is 0 Å². The van der Waals surface area contributed by atoms with Crippen molar-refractivity contribution in [2.75, 3.05) is 6.54 Å². The van der Waals surface area contributed by atoms with E-state index >= 15 is 0 Å². The van der Waals surface area contributed by atoms with Crippen molar-refractivity contribution in [2.24, 2.45) is 7.05 Å². The summed E-state index contributed by atoms with van der Waals surface area (Å²) in [5, 5.41) is 16.2. The number of aryl methyl sites for hydroxylation is 2. The Bertz CT molecular complexity index is 630.